The van der Waals surface area contributed by atoms with E-state index in [0.717, 1.165) is 10.2 Å². The number of hydrogen-bond acceptors (Lipinski definition) is 2. The largest absolute Gasteiger partial charge is 0.378 e. The summed E-state index contributed by atoms with van der Waals surface area (Å²) < 4.78 is 0.854. The lowest BCUT2D eigenvalue weighted by atomic mass is 10.2. The minimum absolute atomic E-state index is 0.413. The lowest BCUT2D eigenvalue weighted by Gasteiger charge is -2.13. The lowest BCUT2D eigenvalue weighted by Crippen LogP contribution is -2.14. The Labute approximate surface area is 85.7 Å². The van der Waals surface area contributed by atoms with Gasteiger partial charge in [-0.1, -0.05) is 15.9 Å². The molecule has 0 radical (unpaired) electrons. The molecule has 4 heteroatoms. The predicted molar refractivity (Wildman–Crippen MR) is 57.0 cm³/mol. The van der Waals surface area contributed by atoms with Gasteiger partial charge in [0.25, 0.3) is 0 Å². The summed E-state index contributed by atoms with van der Waals surface area (Å²) in [5.74, 6) is -0.413. The zero-order chi connectivity index (χ0) is 10.0. The normalized spacial score (nSPS) is 9.77. The maximum Gasteiger partial charge on any atom is 0.248 e. The Morgan fingerprint density at radius 1 is 1.38 bits per heavy atom. The number of hydrogen-bond donors (Lipinski definition) is 1. The topological polar surface area (TPSA) is 46.3 Å². The molecule has 1 aromatic carbocycles. The van der Waals surface area contributed by atoms with E-state index in [1.807, 2.05) is 25.1 Å². The van der Waals surface area contributed by atoms with Crippen LogP contribution in [0, 0.1) is 0 Å². The molecule has 0 fully saturated rings. The summed E-state index contributed by atoms with van der Waals surface area (Å²) >= 11 is 3.32. The number of rotatable bonds is 2. The van der Waals surface area contributed by atoms with E-state index in [0.29, 0.717) is 5.56 Å². The van der Waals surface area contributed by atoms with Gasteiger partial charge in [-0.25, -0.2) is 0 Å². The Kier molecular flexibility index (Phi) is 2.93. The van der Waals surface area contributed by atoms with E-state index in [1.165, 1.54) is 0 Å². The van der Waals surface area contributed by atoms with Gasteiger partial charge >= 0.3 is 0 Å². The summed E-state index contributed by atoms with van der Waals surface area (Å²) in [4.78, 5) is 12.8. The van der Waals surface area contributed by atoms with Gasteiger partial charge < -0.3 is 10.6 Å². The average molecular weight is 243 g/mol. The molecule has 2 N–H and O–H groups in total. The van der Waals surface area contributed by atoms with Crippen molar-refractivity contribution >= 4 is 27.5 Å². The van der Waals surface area contributed by atoms with Crippen LogP contribution in [0.3, 0.4) is 0 Å². The molecule has 3 nitrogen and oxygen atoms in total. The number of nitrogens with zero attached hydrogens (tertiary/aromatic N) is 1. The third-order valence-corrected chi connectivity index (χ3v) is 2.14. The number of carbonyl (C=O) groups excluding carboxylic acids is 1. The highest BCUT2D eigenvalue weighted by Crippen LogP contribution is 2.20. The monoisotopic (exact) mass is 242 g/mol. The van der Waals surface area contributed by atoms with Crippen molar-refractivity contribution in [1.82, 2.24) is 0 Å². The molecule has 13 heavy (non-hydrogen) atoms. The fourth-order valence-electron chi connectivity index (χ4n) is 0.975. The first-order valence-electron chi connectivity index (χ1n) is 3.78. The highest BCUT2D eigenvalue weighted by Gasteiger charge is 2.04. The first-order valence-corrected chi connectivity index (χ1v) is 4.57. The fraction of sp³-hybridized carbons (Fsp3) is 0.222. The minimum atomic E-state index is -0.413. The zero-order valence-electron chi connectivity index (χ0n) is 7.54. The molecule has 0 unspecified atom stereocenters. The Morgan fingerprint density at radius 2 is 2.00 bits per heavy atom. The van der Waals surface area contributed by atoms with Gasteiger partial charge in [0.1, 0.15) is 0 Å². The highest BCUT2D eigenvalue weighted by atomic mass is 79.9. The van der Waals surface area contributed by atoms with Crippen LogP contribution in [0.4, 0.5) is 5.69 Å². The van der Waals surface area contributed by atoms with Crippen molar-refractivity contribution in [2.75, 3.05) is 19.0 Å². The summed E-state index contributed by atoms with van der Waals surface area (Å²) in [6.07, 6.45) is 0. The lowest BCUT2D eigenvalue weighted by molar-refractivity contribution is 0.100. The molecule has 0 aliphatic heterocycles. The van der Waals surface area contributed by atoms with Crippen molar-refractivity contribution in [1.29, 1.82) is 0 Å². The van der Waals surface area contributed by atoms with Gasteiger partial charge in [0, 0.05) is 29.8 Å². The number of primary amides is 1. The van der Waals surface area contributed by atoms with Crippen molar-refractivity contribution in [2.45, 2.75) is 0 Å². The van der Waals surface area contributed by atoms with Crippen LogP contribution in [0.1, 0.15) is 10.4 Å². The molecule has 0 bridgehead atoms. The van der Waals surface area contributed by atoms with Gasteiger partial charge in [-0.3, -0.25) is 4.79 Å². The summed E-state index contributed by atoms with van der Waals surface area (Å²) in [7, 11) is 3.82. The number of halogens is 1. The molecular formula is C9H11BrN2O. The van der Waals surface area contributed by atoms with Gasteiger partial charge in [-0.05, 0) is 18.2 Å². The highest BCUT2D eigenvalue weighted by molar-refractivity contribution is 9.10. The van der Waals surface area contributed by atoms with Crippen LogP contribution in [0.25, 0.3) is 0 Å². The van der Waals surface area contributed by atoms with Crippen molar-refractivity contribution in [3.8, 4) is 0 Å². The third kappa shape index (κ3) is 2.45. The van der Waals surface area contributed by atoms with Crippen molar-refractivity contribution in [2.24, 2.45) is 5.73 Å². The van der Waals surface area contributed by atoms with Crippen molar-refractivity contribution in [3.05, 3.63) is 28.2 Å². The molecule has 70 valence electrons. The Hall–Kier alpha value is -1.03. The molecule has 0 aliphatic carbocycles. The van der Waals surface area contributed by atoms with E-state index < -0.39 is 5.91 Å². The molecule has 1 amide bonds. The van der Waals surface area contributed by atoms with E-state index in [4.69, 9.17) is 5.73 Å². The predicted octanol–water partition coefficient (Wildman–Crippen LogP) is 1.61. The van der Waals surface area contributed by atoms with E-state index in [1.54, 1.807) is 12.1 Å². The summed E-state index contributed by atoms with van der Waals surface area (Å²) in [6.45, 7) is 0. The molecular weight excluding hydrogens is 232 g/mol. The van der Waals surface area contributed by atoms with Crippen LogP contribution in [-0.4, -0.2) is 20.0 Å². The quantitative estimate of drug-likeness (QED) is 0.857. The first-order chi connectivity index (χ1) is 6.00. The molecule has 0 spiro atoms. The van der Waals surface area contributed by atoms with Gasteiger partial charge in [0.15, 0.2) is 0 Å². The third-order valence-electron chi connectivity index (χ3n) is 1.68. The number of amides is 1. The Morgan fingerprint density at radius 3 is 2.46 bits per heavy atom. The molecule has 0 aromatic heterocycles. The molecule has 0 atom stereocenters. The molecule has 0 aliphatic rings. The molecule has 1 aromatic rings. The smallest absolute Gasteiger partial charge is 0.248 e. The van der Waals surface area contributed by atoms with Crippen LogP contribution >= 0.6 is 15.9 Å². The zero-order valence-corrected chi connectivity index (χ0v) is 9.13. The fourth-order valence-corrected chi connectivity index (χ4v) is 1.46. The van der Waals surface area contributed by atoms with Gasteiger partial charge in [-0.15, -0.1) is 0 Å². The molecule has 0 saturated heterocycles. The van der Waals surface area contributed by atoms with E-state index in [2.05, 4.69) is 15.9 Å². The van der Waals surface area contributed by atoms with Gasteiger partial charge in [0.2, 0.25) is 5.91 Å². The number of nitrogens with two attached hydrogens (primary N) is 1. The second-order valence-electron chi connectivity index (χ2n) is 2.96. The van der Waals surface area contributed by atoms with E-state index >= 15 is 0 Å². The summed E-state index contributed by atoms with van der Waals surface area (Å²) in [5, 5.41) is 0. The number of anilines is 1. The average Bonchev–Trinajstić information content (AvgIpc) is 2.03. The number of benzene rings is 1. The Balaban J connectivity index is 3.19. The van der Waals surface area contributed by atoms with Crippen LogP contribution in [0.5, 0.6) is 0 Å². The maximum atomic E-state index is 10.9. The van der Waals surface area contributed by atoms with Crippen molar-refractivity contribution in [3.63, 3.8) is 0 Å². The van der Waals surface area contributed by atoms with Crippen LogP contribution < -0.4 is 10.6 Å². The molecule has 1 rings (SSSR count). The van der Waals surface area contributed by atoms with Crippen LogP contribution in [0.15, 0.2) is 22.7 Å². The van der Waals surface area contributed by atoms with Crippen molar-refractivity contribution < 1.29 is 4.79 Å². The standard InChI is InChI=1S/C9H11BrN2O/c1-12(2)8-4-6(9(11)13)3-7(10)5-8/h3-5H,1-2H3,(H2,11,13). The maximum absolute atomic E-state index is 10.9. The number of carbonyl (C=O) groups is 1. The van der Waals surface area contributed by atoms with Gasteiger partial charge in [-0.2, -0.15) is 0 Å². The first kappa shape index (κ1) is 10.1. The van der Waals surface area contributed by atoms with Crippen LogP contribution in [-0.2, 0) is 0 Å². The van der Waals surface area contributed by atoms with Gasteiger partial charge in [0.05, 0.1) is 0 Å². The summed E-state index contributed by atoms with van der Waals surface area (Å²) in [5.41, 5.74) is 6.63. The van der Waals surface area contributed by atoms with Crippen LogP contribution in [0.2, 0.25) is 0 Å². The SMILES string of the molecule is CN(C)c1cc(Br)cc(C(N)=O)c1. The second kappa shape index (κ2) is 3.79. The Bertz CT molecular complexity index is 336. The summed E-state index contributed by atoms with van der Waals surface area (Å²) in [6, 6.07) is 5.38. The second-order valence-corrected chi connectivity index (χ2v) is 3.87. The molecule has 0 saturated carbocycles. The molecule has 0 heterocycles. The minimum Gasteiger partial charge on any atom is -0.378 e. The van der Waals surface area contributed by atoms with E-state index in [-0.39, 0.29) is 0 Å². The van der Waals surface area contributed by atoms with E-state index in [9.17, 15) is 4.79 Å².